The predicted molar refractivity (Wildman–Crippen MR) is 48.9 cm³/mol. The van der Waals surface area contributed by atoms with Crippen LogP contribution in [0.3, 0.4) is 0 Å². The Morgan fingerprint density at radius 1 is 1.91 bits per heavy atom. The van der Waals surface area contributed by atoms with E-state index in [0.717, 1.165) is 4.48 Å². The number of oxime groups is 1. The van der Waals surface area contributed by atoms with Gasteiger partial charge in [0.15, 0.2) is 5.84 Å². The summed E-state index contributed by atoms with van der Waals surface area (Å²) in [6.45, 7) is 6.01. The van der Waals surface area contributed by atoms with Crippen molar-refractivity contribution in [1.29, 1.82) is 0 Å². The smallest absolute Gasteiger partial charge is 0.156 e. The Bertz CT molecular complexity index is 169. The lowest BCUT2D eigenvalue weighted by Crippen LogP contribution is -2.39. The van der Waals surface area contributed by atoms with Crippen molar-refractivity contribution in [3.05, 3.63) is 11.1 Å². The standard InChI is InChI=1S/C6H12BrN3O/c1-4(7)3-9-5(2)6(8)10-11/h5,9,11H,1,3H2,2H3,(H2,8,10). The van der Waals surface area contributed by atoms with Crippen LogP contribution in [-0.4, -0.2) is 23.6 Å². The van der Waals surface area contributed by atoms with Crippen molar-refractivity contribution < 1.29 is 5.21 Å². The molecule has 0 amide bonds. The molecule has 0 aromatic carbocycles. The highest BCUT2D eigenvalue weighted by molar-refractivity contribution is 9.11. The number of hydrogen-bond donors (Lipinski definition) is 3. The van der Waals surface area contributed by atoms with Gasteiger partial charge in [-0.05, 0) is 6.92 Å². The number of nitrogens with one attached hydrogen (secondary N) is 1. The number of hydrogen-bond acceptors (Lipinski definition) is 3. The van der Waals surface area contributed by atoms with E-state index in [0.29, 0.717) is 6.54 Å². The number of amidine groups is 1. The highest BCUT2D eigenvalue weighted by Crippen LogP contribution is 1.97. The highest BCUT2D eigenvalue weighted by Gasteiger charge is 2.05. The summed E-state index contributed by atoms with van der Waals surface area (Å²) in [6.07, 6.45) is 0. The van der Waals surface area contributed by atoms with E-state index in [4.69, 9.17) is 10.9 Å². The minimum absolute atomic E-state index is 0.144. The van der Waals surface area contributed by atoms with E-state index < -0.39 is 0 Å². The van der Waals surface area contributed by atoms with Crippen molar-refractivity contribution in [2.75, 3.05) is 6.54 Å². The maximum atomic E-state index is 8.26. The Hall–Kier alpha value is -0.550. The summed E-state index contributed by atoms with van der Waals surface area (Å²) in [5.74, 6) is 0.166. The van der Waals surface area contributed by atoms with Gasteiger partial charge in [0, 0.05) is 11.0 Å². The van der Waals surface area contributed by atoms with Gasteiger partial charge in [-0.3, -0.25) is 0 Å². The van der Waals surface area contributed by atoms with Gasteiger partial charge in [0.05, 0.1) is 6.04 Å². The first-order valence-corrected chi connectivity index (χ1v) is 3.91. The molecule has 0 saturated carbocycles. The number of nitrogens with zero attached hydrogens (tertiary/aromatic N) is 1. The van der Waals surface area contributed by atoms with Gasteiger partial charge >= 0.3 is 0 Å². The van der Waals surface area contributed by atoms with Gasteiger partial charge in [-0.1, -0.05) is 27.7 Å². The highest BCUT2D eigenvalue weighted by atomic mass is 79.9. The third kappa shape index (κ3) is 4.80. The van der Waals surface area contributed by atoms with Crippen LogP contribution in [0.15, 0.2) is 16.2 Å². The molecule has 5 heteroatoms. The molecule has 4 N–H and O–H groups in total. The molecule has 0 aromatic rings. The number of halogens is 1. The average Bonchev–Trinajstić information content (AvgIpc) is 1.98. The Morgan fingerprint density at radius 3 is 2.82 bits per heavy atom. The zero-order valence-electron chi connectivity index (χ0n) is 6.34. The second kappa shape index (κ2) is 5.15. The summed E-state index contributed by atoms with van der Waals surface area (Å²) < 4.78 is 0.829. The Labute approximate surface area is 74.3 Å². The minimum atomic E-state index is -0.144. The molecule has 0 bridgehead atoms. The largest absolute Gasteiger partial charge is 0.409 e. The molecule has 1 unspecified atom stereocenters. The van der Waals surface area contributed by atoms with Crippen LogP contribution in [0.4, 0.5) is 0 Å². The third-order valence-electron chi connectivity index (χ3n) is 1.16. The molecule has 0 spiro atoms. The fourth-order valence-corrected chi connectivity index (χ4v) is 0.617. The molecule has 0 saturated heterocycles. The maximum Gasteiger partial charge on any atom is 0.156 e. The zero-order chi connectivity index (χ0) is 8.85. The Kier molecular flexibility index (Phi) is 4.89. The lowest BCUT2D eigenvalue weighted by Gasteiger charge is -2.10. The van der Waals surface area contributed by atoms with Gasteiger partial charge in [-0.2, -0.15) is 0 Å². The fourth-order valence-electron chi connectivity index (χ4n) is 0.455. The fraction of sp³-hybridized carbons (Fsp3) is 0.500. The van der Waals surface area contributed by atoms with Crippen LogP contribution < -0.4 is 11.1 Å². The van der Waals surface area contributed by atoms with E-state index in [1.807, 2.05) is 0 Å². The van der Waals surface area contributed by atoms with E-state index in [9.17, 15) is 0 Å². The van der Waals surface area contributed by atoms with Crippen LogP contribution in [0.1, 0.15) is 6.92 Å². The molecular formula is C6H12BrN3O. The van der Waals surface area contributed by atoms with Gasteiger partial charge in [-0.25, -0.2) is 0 Å². The molecular weight excluding hydrogens is 210 g/mol. The summed E-state index contributed by atoms with van der Waals surface area (Å²) in [5.41, 5.74) is 5.30. The normalized spacial score (nSPS) is 14.5. The molecule has 4 nitrogen and oxygen atoms in total. The quantitative estimate of drug-likeness (QED) is 0.282. The maximum absolute atomic E-state index is 8.26. The minimum Gasteiger partial charge on any atom is -0.409 e. The van der Waals surface area contributed by atoms with Gasteiger partial charge in [0.25, 0.3) is 0 Å². The molecule has 0 aliphatic rings. The van der Waals surface area contributed by atoms with Crippen LogP contribution in [0.25, 0.3) is 0 Å². The van der Waals surface area contributed by atoms with E-state index in [1.54, 1.807) is 6.92 Å². The summed E-state index contributed by atoms with van der Waals surface area (Å²) in [5, 5.41) is 14.1. The Morgan fingerprint density at radius 2 is 2.45 bits per heavy atom. The molecule has 0 heterocycles. The predicted octanol–water partition coefficient (Wildman–Crippen LogP) is 0.620. The molecule has 0 fully saturated rings. The summed E-state index contributed by atoms with van der Waals surface area (Å²) in [4.78, 5) is 0. The SMILES string of the molecule is C=C(Br)CNC(C)/C(N)=N/O. The summed E-state index contributed by atoms with van der Waals surface area (Å²) in [6, 6.07) is -0.144. The van der Waals surface area contributed by atoms with Crippen LogP contribution in [0.2, 0.25) is 0 Å². The first kappa shape index (κ1) is 10.4. The van der Waals surface area contributed by atoms with Crippen molar-refractivity contribution in [3.8, 4) is 0 Å². The average molecular weight is 222 g/mol. The van der Waals surface area contributed by atoms with Gasteiger partial charge in [0.1, 0.15) is 0 Å². The van der Waals surface area contributed by atoms with E-state index in [2.05, 4.69) is 33.0 Å². The topological polar surface area (TPSA) is 70.6 Å². The van der Waals surface area contributed by atoms with Crippen LogP contribution in [-0.2, 0) is 0 Å². The van der Waals surface area contributed by atoms with Gasteiger partial charge < -0.3 is 16.3 Å². The number of rotatable bonds is 4. The zero-order valence-corrected chi connectivity index (χ0v) is 7.93. The van der Waals surface area contributed by atoms with Crippen LogP contribution in [0.5, 0.6) is 0 Å². The number of nitrogens with two attached hydrogens (primary N) is 1. The molecule has 0 rings (SSSR count). The van der Waals surface area contributed by atoms with Crippen LogP contribution in [0, 0.1) is 0 Å². The lowest BCUT2D eigenvalue weighted by molar-refractivity contribution is 0.315. The van der Waals surface area contributed by atoms with Crippen LogP contribution >= 0.6 is 15.9 Å². The van der Waals surface area contributed by atoms with Crippen molar-refractivity contribution in [2.24, 2.45) is 10.9 Å². The van der Waals surface area contributed by atoms with Crippen molar-refractivity contribution in [3.63, 3.8) is 0 Å². The van der Waals surface area contributed by atoms with Crippen molar-refractivity contribution in [1.82, 2.24) is 5.32 Å². The molecule has 0 aliphatic heterocycles. The van der Waals surface area contributed by atoms with Crippen molar-refractivity contribution >= 4 is 21.8 Å². The molecule has 64 valence electrons. The molecule has 11 heavy (non-hydrogen) atoms. The van der Waals surface area contributed by atoms with Gasteiger partial charge in [0.2, 0.25) is 0 Å². The van der Waals surface area contributed by atoms with E-state index >= 15 is 0 Å². The third-order valence-corrected chi connectivity index (χ3v) is 1.44. The second-order valence-electron chi connectivity index (χ2n) is 2.14. The molecule has 0 aliphatic carbocycles. The first-order chi connectivity index (χ1) is 5.07. The molecule has 0 aromatic heterocycles. The monoisotopic (exact) mass is 221 g/mol. The first-order valence-electron chi connectivity index (χ1n) is 3.12. The lowest BCUT2D eigenvalue weighted by atomic mass is 10.3. The Balaban J connectivity index is 3.69. The van der Waals surface area contributed by atoms with Crippen molar-refractivity contribution in [2.45, 2.75) is 13.0 Å². The molecule has 0 radical (unpaired) electrons. The van der Waals surface area contributed by atoms with Gasteiger partial charge in [-0.15, -0.1) is 0 Å². The summed E-state index contributed by atoms with van der Waals surface area (Å²) >= 11 is 3.17. The second-order valence-corrected chi connectivity index (χ2v) is 3.27. The van der Waals surface area contributed by atoms with E-state index in [1.165, 1.54) is 0 Å². The van der Waals surface area contributed by atoms with E-state index in [-0.39, 0.29) is 11.9 Å². The molecule has 1 atom stereocenters. The summed E-state index contributed by atoms with van der Waals surface area (Å²) in [7, 11) is 0.